The summed E-state index contributed by atoms with van der Waals surface area (Å²) in [6.07, 6.45) is 2.15. The van der Waals surface area contributed by atoms with Crippen LogP contribution < -0.4 is 4.74 Å². The van der Waals surface area contributed by atoms with E-state index in [0.29, 0.717) is 12.4 Å². The lowest BCUT2D eigenvalue weighted by molar-refractivity contribution is 0.0175. The maximum Gasteiger partial charge on any atom is 0.264 e. The van der Waals surface area contributed by atoms with Crippen LogP contribution in [0.1, 0.15) is 5.56 Å². The summed E-state index contributed by atoms with van der Waals surface area (Å²) < 4.78 is 38.1. The average Bonchev–Trinajstić information content (AvgIpc) is 3.08. The highest BCUT2D eigenvalue weighted by atomic mass is 32.2. The van der Waals surface area contributed by atoms with Crippen molar-refractivity contribution in [3.05, 3.63) is 30.0 Å². The Morgan fingerprint density at radius 2 is 2.27 bits per heavy atom. The molecule has 0 saturated heterocycles. The van der Waals surface area contributed by atoms with Gasteiger partial charge in [0.2, 0.25) is 0 Å². The standard InChI is InChI=1S/C14H13NO6S/c1-22(16,17)20-7-13-10-6-19-12-5-11-8(2-3-18-11)4-9(12)14(10)15-21-13/h2-5,10,13H,6-7H2,1H3. The predicted octanol–water partition coefficient (Wildman–Crippen LogP) is 1.52. The summed E-state index contributed by atoms with van der Waals surface area (Å²) in [6.45, 7) is 0.277. The lowest BCUT2D eigenvalue weighted by Gasteiger charge is -2.24. The molecule has 0 bridgehead atoms. The zero-order valence-corrected chi connectivity index (χ0v) is 12.5. The minimum Gasteiger partial charge on any atom is -0.492 e. The van der Waals surface area contributed by atoms with Crippen LogP contribution in [0.25, 0.3) is 11.0 Å². The first-order valence-corrected chi connectivity index (χ1v) is 8.55. The van der Waals surface area contributed by atoms with Gasteiger partial charge in [-0.3, -0.25) is 4.18 Å². The Kier molecular flexibility index (Phi) is 2.92. The minimum absolute atomic E-state index is 0.0802. The Bertz CT molecular complexity index is 869. The molecule has 0 spiro atoms. The molecule has 2 unspecified atom stereocenters. The van der Waals surface area contributed by atoms with E-state index >= 15 is 0 Å². The van der Waals surface area contributed by atoms with Crippen molar-refractivity contribution < 1.29 is 26.6 Å². The Labute approximate surface area is 126 Å². The predicted molar refractivity (Wildman–Crippen MR) is 77.4 cm³/mol. The summed E-state index contributed by atoms with van der Waals surface area (Å²) in [4.78, 5) is 5.34. The first-order chi connectivity index (χ1) is 10.5. The highest BCUT2D eigenvalue weighted by molar-refractivity contribution is 7.85. The molecule has 0 saturated carbocycles. The SMILES string of the molecule is CS(=O)(=O)OCC1ON=C2c3cc4ccoc4cc3OCC21. The smallest absolute Gasteiger partial charge is 0.264 e. The number of furan rings is 1. The molecule has 0 amide bonds. The van der Waals surface area contributed by atoms with Gasteiger partial charge in [0.1, 0.15) is 30.3 Å². The van der Waals surface area contributed by atoms with E-state index in [1.807, 2.05) is 18.2 Å². The lowest BCUT2D eigenvalue weighted by Crippen LogP contribution is -2.36. The number of hydrogen-bond acceptors (Lipinski definition) is 7. The molecule has 116 valence electrons. The highest BCUT2D eigenvalue weighted by Gasteiger charge is 2.40. The molecule has 2 aliphatic heterocycles. The first-order valence-electron chi connectivity index (χ1n) is 6.74. The molecule has 2 atom stereocenters. The Morgan fingerprint density at radius 3 is 3.09 bits per heavy atom. The molecule has 1 aromatic carbocycles. The second kappa shape index (κ2) is 4.72. The van der Waals surface area contributed by atoms with E-state index in [0.717, 1.165) is 28.5 Å². The quantitative estimate of drug-likeness (QED) is 0.796. The molecular weight excluding hydrogens is 310 g/mol. The van der Waals surface area contributed by atoms with Gasteiger partial charge in [-0.15, -0.1) is 0 Å². The van der Waals surface area contributed by atoms with Crippen molar-refractivity contribution in [1.82, 2.24) is 0 Å². The topological polar surface area (TPSA) is 87.3 Å². The summed E-state index contributed by atoms with van der Waals surface area (Å²) in [5.41, 5.74) is 2.34. The molecule has 8 heteroatoms. The zero-order valence-electron chi connectivity index (χ0n) is 11.7. The Hall–Kier alpha value is -2.06. The number of fused-ring (bicyclic) bond motifs is 4. The van der Waals surface area contributed by atoms with Crippen molar-refractivity contribution >= 4 is 26.8 Å². The maximum atomic E-state index is 11.1. The molecule has 0 N–H and O–H groups in total. The van der Waals surface area contributed by atoms with Crippen molar-refractivity contribution in [3.63, 3.8) is 0 Å². The van der Waals surface area contributed by atoms with Gasteiger partial charge < -0.3 is 14.0 Å². The van der Waals surface area contributed by atoms with Gasteiger partial charge >= 0.3 is 0 Å². The second-order valence-electron chi connectivity index (χ2n) is 5.33. The van der Waals surface area contributed by atoms with Gasteiger partial charge in [0.15, 0.2) is 6.10 Å². The fraction of sp³-hybridized carbons (Fsp3) is 0.357. The molecular formula is C14H13NO6S. The van der Waals surface area contributed by atoms with Gasteiger partial charge in [0, 0.05) is 17.0 Å². The van der Waals surface area contributed by atoms with Crippen LogP contribution in [0.3, 0.4) is 0 Å². The van der Waals surface area contributed by atoms with E-state index in [4.69, 9.17) is 18.2 Å². The van der Waals surface area contributed by atoms with Gasteiger partial charge in [0.05, 0.1) is 18.4 Å². The van der Waals surface area contributed by atoms with E-state index in [1.165, 1.54) is 0 Å². The molecule has 0 radical (unpaired) electrons. The molecule has 1 aromatic heterocycles. The van der Waals surface area contributed by atoms with Crippen LogP contribution >= 0.6 is 0 Å². The number of nitrogens with zero attached hydrogens (tertiary/aromatic N) is 1. The van der Waals surface area contributed by atoms with E-state index in [9.17, 15) is 8.42 Å². The highest BCUT2D eigenvalue weighted by Crippen LogP contribution is 2.36. The molecule has 22 heavy (non-hydrogen) atoms. The number of rotatable bonds is 3. The summed E-state index contributed by atoms with van der Waals surface area (Å²) in [6, 6.07) is 5.62. The van der Waals surface area contributed by atoms with Gasteiger partial charge in [-0.2, -0.15) is 8.42 Å². The molecule has 7 nitrogen and oxygen atoms in total. The minimum atomic E-state index is -3.52. The third-order valence-electron chi connectivity index (χ3n) is 3.78. The van der Waals surface area contributed by atoms with Crippen LogP contribution in [-0.2, 0) is 19.1 Å². The van der Waals surface area contributed by atoms with Gasteiger partial charge in [-0.25, -0.2) is 0 Å². The maximum absolute atomic E-state index is 11.1. The van der Waals surface area contributed by atoms with E-state index in [-0.39, 0.29) is 12.5 Å². The Balaban J connectivity index is 1.63. The number of oxime groups is 1. The van der Waals surface area contributed by atoms with Gasteiger partial charge in [-0.1, -0.05) is 5.16 Å². The van der Waals surface area contributed by atoms with Crippen LogP contribution in [0.2, 0.25) is 0 Å². The normalized spacial score (nSPS) is 23.4. The van der Waals surface area contributed by atoms with Crippen molar-refractivity contribution in [1.29, 1.82) is 0 Å². The first kappa shape index (κ1) is 13.6. The van der Waals surface area contributed by atoms with Crippen LogP contribution in [-0.4, -0.2) is 39.7 Å². The van der Waals surface area contributed by atoms with Crippen molar-refractivity contribution in [2.75, 3.05) is 19.5 Å². The number of benzene rings is 1. The third kappa shape index (κ3) is 2.24. The number of hydrogen-bond donors (Lipinski definition) is 0. The molecule has 2 aromatic rings. The van der Waals surface area contributed by atoms with E-state index < -0.39 is 16.2 Å². The van der Waals surface area contributed by atoms with Crippen molar-refractivity contribution in [3.8, 4) is 5.75 Å². The molecule has 0 aliphatic carbocycles. The summed E-state index contributed by atoms with van der Waals surface area (Å²) in [7, 11) is -3.52. The van der Waals surface area contributed by atoms with Crippen LogP contribution in [0.4, 0.5) is 0 Å². The van der Waals surface area contributed by atoms with E-state index in [2.05, 4.69) is 5.16 Å². The second-order valence-corrected chi connectivity index (χ2v) is 6.98. The van der Waals surface area contributed by atoms with Crippen molar-refractivity contribution in [2.45, 2.75) is 6.10 Å². The van der Waals surface area contributed by atoms with E-state index in [1.54, 1.807) is 6.26 Å². The van der Waals surface area contributed by atoms with Gasteiger partial charge in [-0.05, 0) is 12.1 Å². The summed E-state index contributed by atoms with van der Waals surface area (Å²) in [5.74, 6) is 0.532. The average molecular weight is 323 g/mol. The van der Waals surface area contributed by atoms with Crippen LogP contribution in [0.5, 0.6) is 5.75 Å². The summed E-state index contributed by atoms with van der Waals surface area (Å²) in [5, 5.41) is 5.05. The van der Waals surface area contributed by atoms with Crippen LogP contribution in [0, 0.1) is 5.92 Å². The third-order valence-corrected chi connectivity index (χ3v) is 4.35. The monoisotopic (exact) mass is 323 g/mol. The molecule has 2 aliphatic rings. The molecule has 3 heterocycles. The van der Waals surface area contributed by atoms with Crippen molar-refractivity contribution in [2.24, 2.45) is 11.1 Å². The van der Waals surface area contributed by atoms with Crippen LogP contribution in [0.15, 0.2) is 34.0 Å². The number of ether oxygens (including phenoxy) is 1. The zero-order chi connectivity index (χ0) is 15.3. The largest absolute Gasteiger partial charge is 0.492 e. The molecule has 4 rings (SSSR count). The lowest BCUT2D eigenvalue weighted by atomic mass is 9.90. The molecule has 0 fully saturated rings. The fourth-order valence-electron chi connectivity index (χ4n) is 2.70. The summed E-state index contributed by atoms with van der Waals surface area (Å²) >= 11 is 0. The Morgan fingerprint density at radius 1 is 1.41 bits per heavy atom. The fourth-order valence-corrected chi connectivity index (χ4v) is 3.09. The van der Waals surface area contributed by atoms with Gasteiger partial charge in [0.25, 0.3) is 10.1 Å².